The SMILES string of the molecule is CC1(CO)CCCC1NC/C=C/c1ccccc1. The Balaban J connectivity index is 1.80. The van der Waals surface area contributed by atoms with Crippen LogP contribution in [0.2, 0.25) is 0 Å². The van der Waals surface area contributed by atoms with Crippen molar-refractivity contribution >= 4 is 6.08 Å². The molecule has 0 aliphatic heterocycles. The van der Waals surface area contributed by atoms with E-state index in [1.807, 2.05) is 18.2 Å². The van der Waals surface area contributed by atoms with Crippen LogP contribution < -0.4 is 5.32 Å². The fourth-order valence-electron chi connectivity index (χ4n) is 2.74. The Kier molecular flexibility index (Phi) is 4.56. The molecule has 0 amide bonds. The van der Waals surface area contributed by atoms with E-state index >= 15 is 0 Å². The minimum absolute atomic E-state index is 0.0700. The van der Waals surface area contributed by atoms with Gasteiger partial charge in [0.25, 0.3) is 0 Å². The third-order valence-corrected chi connectivity index (χ3v) is 4.04. The molecule has 18 heavy (non-hydrogen) atoms. The summed E-state index contributed by atoms with van der Waals surface area (Å²) in [6, 6.07) is 10.8. The highest BCUT2D eigenvalue weighted by Crippen LogP contribution is 2.37. The number of aliphatic hydroxyl groups excluding tert-OH is 1. The van der Waals surface area contributed by atoms with Crippen molar-refractivity contribution in [2.24, 2.45) is 5.41 Å². The maximum atomic E-state index is 9.47. The van der Waals surface area contributed by atoms with Gasteiger partial charge in [-0.3, -0.25) is 0 Å². The second-order valence-corrected chi connectivity index (χ2v) is 5.48. The molecule has 0 radical (unpaired) electrons. The van der Waals surface area contributed by atoms with Crippen LogP contribution in [0.1, 0.15) is 31.7 Å². The molecule has 2 nitrogen and oxygen atoms in total. The quantitative estimate of drug-likeness (QED) is 0.836. The molecule has 2 atom stereocenters. The Hall–Kier alpha value is -1.12. The van der Waals surface area contributed by atoms with Crippen molar-refractivity contribution in [3.63, 3.8) is 0 Å². The highest BCUT2D eigenvalue weighted by Gasteiger charge is 2.37. The van der Waals surface area contributed by atoms with Crippen molar-refractivity contribution in [1.82, 2.24) is 5.32 Å². The number of benzene rings is 1. The van der Waals surface area contributed by atoms with Gasteiger partial charge in [0.1, 0.15) is 0 Å². The molecule has 2 rings (SSSR count). The molecular formula is C16H23NO. The predicted octanol–water partition coefficient (Wildman–Crippen LogP) is 2.84. The lowest BCUT2D eigenvalue weighted by Gasteiger charge is -2.29. The number of rotatable bonds is 5. The summed E-state index contributed by atoms with van der Waals surface area (Å²) < 4.78 is 0. The number of hydrogen-bond acceptors (Lipinski definition) is 2. The smallest absolute Gasteiger partial charge is 0.0499 e. The van der Waals surface area contributed by atoms with E-state index < -0.39 is 0 Å². The van der Waals surface area contributed by atoms with Crippen molar-refractivity contribution in [2.45, 2.75) is 32.2 Å². The first kappa shape index (κ1) is 13.3. The standard InChI is InChI=1S/C16H23NO/c1-16(13-18)11-5-10-15(16)17-12-6-9-14-7-3-2-4-8-14/h2-4,6-9,15,17-18H,5,10-13H2,1H3/b9-6+. The molecule has 1 aliphatic rings. The van der Waals surface area contributed by atoms with Crippen molar-refractivity contribution in [3.8, 4) is 0 Å². The second kappa shape index (κ2) is 6.17. The molecule has 0 spiro atoms. The first-order valence-electron chi connectivity index (χ1n) is 6.80. The maximum Gasteiger partial charge on any atom is 0.0499 e. The van der Waals surface area contributed by atoms with Crippen molar-refractivity contribution < 1.29 is 5.11 Å². The van der Waals surface area contributed by atoms with E-state index in [4.69, 9.17) is 0 Å². The summed E-state index contributed by atoms with van der Waals surface area (Å²) >= 11 is 0. The van der Waals surface area contributed by atoms with E-state index in [1.165, 1.54) is 18.4 Å². The van der Waals surface area contributed by atoms with Crippen molar-refractivity contribution in [2.75, 3.05) is 13.2 Å². The van der Waals surface area contributed by atoms with E-state index in [1.54, 1.807) is 0 Å². The zero-order chi connectivity index (χ0) is 12.8. The van der Waals surface area contributed by atoms with Gasteiger partial charge in [-0.15, -0.1) is 0 Å². The van der Waals surface area contributed by atoms with Crippen LogP contribution in [0.3, 0.4) is 0 Å². The van der Waals surface area contributed by atoms with Crippen LogP contribution in [0.15, 0.2) is 36.4 Å². The van der Waals surface area contributed by atoms with Crippen LogP contribution in [0.25, 0.3) is 6.08 Å². The fraction of sp³-hybridized carbons (Fsp3) is 0.500. The molecule has 1 aromatic carbocycles. The monoisotopic (exact) mass is 245 g/mol. The van der Waals surface area contributed by atoms with Gasteiger partial charge < -0.3 is 10.4 Å². The summed E-state index contributed by atoms with van der Waals surface area (Å²) in [5, 5.41) is 13.0. The summed E-state index contributed by atoms with van der Waals surface area (Å²) in [5.74, 6) is 0. The number of hydrogen-bond donors (Lipinski definition) is 2. The Morgan fingerprint density at radius 3 is 2.89 bits per heavy atom. The Labute approximate surface area is 110 Å². The van der Waals surface area contributed by atoms with Crippen LogP contribution in [0, 0.1) is 5.41 Å². The summed E-state index contributed by atoms with van der Waals surface area (Å²) in [4.78, 5) is 0. The van der Waals surface area contributed by atoms with Crippen molar-refractivity contribution in [3.05, 3.63) is 42.0 Å². The topological polar surface area (TPSA) is 32.3 Å². The Bertz CT molecular complexity index is 387. The average molecular weight is 245 g/mol. The van der Waals surface area contributed by atoms with E-state index in [2.05, 4.69) is 36.5 Å². The lowest BCUT2D eigenvalue weighted by Crippen LogP contribution is -2.41. The largest absolute Gasteiger partial charge is 0.396 e. The van der Waals surface area contributed by atoms with Crippen LogP contribution in [-0.2, 0) is 0 Å². The van der Waals surface area contributed by atoms with Gasteiger partial charge in [0.05, 0.1) is 0 Å². The van der Waals surface area contributed by atoms with Crippen LogP contribution in [-0.4, -0.2) is 24.3 Å². The molecule has 2 N–H and O–H groups in total. The van der Waals surface area contributed by atoms with Gasteiger partial charge in [-0.2, -0.15) is 0 Å². The fourth-order valence-corrected chi connectivity index (χ4v) is 2.74. The molecule has 2 heteroatoms. The van der Waals surface area contributed by atoms with E-state index in [0.717, 1.165) is 13.0 Å². The van der Waals surface area contributed by atoms with Crippen LogP contribution >= 0.6 is 0 Å². The third-order valence-electron chi connectivity index (χ3n) is 4.04. The summed E-state index contributed by atoms with van der Waals surface area (Å²) in [6.45, 7) is 3.33. The summed E-state index contributed by atoms with van der Waals surface area (Å²) in [5.41, 5.74) is 1.30. The van der Waals surface area contributed by atoms with Gasteiger partial charge in [0.15, 0.2) is 0 Å². The number of nitrogens with one attached hydrogen (secondary N) is 1. The zero-order valence-electron chi connectivity index (χ0n) is 11.1. The molecule has 1 aliphatic carbocycles. The highest BCUT2D eigenvalue weighted by atomic mass is 16.3. The molecule has 1 fully saturated rings. The highest BCUT2D eigenvalue weighted by molar-refractivity contribution is 5.48. The third kappa shape index (κ3) is 3.21. The Morgan fingerprint density at radius 2 is 2.17 bits per heavy atom. The molecule has 0 saturated heterocycles. The van der Waals surface area contributed by atoms with Crippen molar-refractivity contribution in [1.29, 1.82) is 0 Å². The number of aliphatic hydroxyl groups is 1. The van der Waals surface area contributed by atoms with E-state index in [9.17, 15) is 5.11 Å². The van der Waals surface area contributed by atoms with E-state index in [-0.39, 0.29) is 12.0 Å². The van der Waals surface area contributed by atoms with Gasteiger partial charge in [-0.05, 0) is 18.4 Å². The zero-order valence-corrected chi connectivity index (χ0v) is 11.1. The molecule has 0 bridgehead atoms. The van der Waals surface area contributed by atoms with Gasteiger partial charge in [-0.25, -0.2) is 0 Å². The molecule has 1 saturated carbocycles. The van der Waals surface area contributed by atoms with Crippen LogP contribution in [0.4, 0.5) is 0 Å². The van der Waals surface area contributed by atoms with Gasteiger partial charge >= 0.3 is 0 Å². The lowest BCUT2D eigenvalue weighted by atomic mass is 9.86. The molecule has 0 aromatic heterocycles. The Morgan fingerprint density at radius 1 is 1.39 bits per heavy atom. The minimum Gasteiger partial charge on any atom is -0.396 e. The summed E-state index contributed by atoms with van der Waals surface area (Å²) in [7, 11) is 0. The minimum atomic E-state index is 0.0700. The molecular weight excluding hydrogens is 222 g/mol. The molecule has 1 aromatic rings. The van der Waals surface area contributed by atoms with Gasteiger partial charge in [0, 0.05) is 24.6 Å². The normalized spacial score (nSPS) is 28.0. The molecule has 2 unspecified atom stereocenters. The average Bonchev–Trinajstić information content (AvgIpc) is 2.78. The second-order valence-electron chi connectivity index (χ2n) is 5.48. The first-order chi connectivity index (χ1) is 8.74. The maximum absolute atomic E-state index is 9.47. The molecule has 0 heterocycles. The van der Waals surface area contributed by atoms with E-state index in [0.29, 0.717) is 6.04 Å². The van der Waals surface area contributed by atoms with Gasteiger partial charge in [-0.1, -0.05) is 55.8 Å². The lowest BCUT2D eigenvalue weighted by molar-refractivity contribution is 0.120. The van der Waals surface area contributed by atoms with Gasteiger partial charge in [0.2, 0.25) is 0 Å². The summed E-state index contributed by atoms with van der Waals surface area (Å²) in [6.07, 6.45) is 7.82. The predicted molar refractivity (Wildman–Crippen MR) is 76.3 cm³/mol. The van der Waals surface area contributed by atoms with Crippen LogP contribution in [0.5, 0.6) is 0 Å². The first-order valence-corrected chi connectivity index (χ1v) is 6.80. The molecule has 98 valence electrons.